The molecule has 1 aliphatic rings. The van der Waals surface area contributed by atoms with Gasteiger partial charge in [0.05, 0.1) is 10.9 Å². The van der Waals surface area contributed by atoms with E-state index in [4.69, 9.17) is 4.74 Å². The monoisotopic (exact) mass is 407 g/mol. The molecule has 0 bridgehead atoms. The highest BCUT2D eigenvalue weighted by molar-refractivity contribution is 5.93. The Kier molecular flexibility index (Phi) is 4.67. The number of halogens is 2. The third-order valence-electron chi connectivity index (χ3n) is 5.63. The van der Waals surface area contributed by atoms with Crippen LogP contribution in [0.3, 0.4) is 0 Å². The Hall–Kier alpha value is -3.32. The first-order valence-electron chi connectivity index (χ1n) is 9.86. The van der Waals surface area contributed by atoms with E-state index in [1.54, 1.807) is 6.07 Å². The Morgan fingerprint density at radius 3 is 2.40 bits per heavy atom. The molecule has 0 spiro atoms. The number of hydrogen-bond donors (Lipinski definition) is 1. The second-order valence-electron chi connectivity index (χ2n) is 7.41. The van der Waals surface area contributed by atoms with E-state index in [2.05, 4.69) is 10.1 Å². The van der Waals surface area contributed by atoms with Crippen molar-refractivity contribution in [1.82, 2.24) is 14.8 Å². The van der Waals surface area contributed by atoms with Gasteiger partial charge in [-0.15, -0.1) is 0 Å². The molecule has 1 aliphatic heterocycles. The van der Waals surface area contributed by atoms with Gasteiger partial charge in [0.25, 0.3) is 5.56 Å². The van der Waals surface area contributed by atoms with Crippen molar-refractivity contribution in [2.24, 2.45) is 0 Å². The van der Waals surface area contributed by atoms with Crippen LogP contribution in [0, 0.1) is 11.6 Å². The van der Waals surface area contributed by atoms with Crippen LogP contribution in [-0.2, 0) is 4.74 Å². The zero-order valence-corrected chi connectivity index (χ0v) is 16.1. The molecule has 7 heteroatoms. The molecular formula is C23H19F2N3O2. The number of ether oxygens (including phenoxy) is 1. The predicted molar refractivity (Wildman–Crippen MR) is 110 cm³/mol. The normalized spacial score (nSPS) is 15.0. The average Bonchev–Trinajstić information content (AvgIpc) is 3.15. The Bertz CT molecular complexity index is 1250. The molecule has 30 heavy (non-hydrogen) atoms. The lowest BCUT2D eigenvalue weighted by molar-refractivity contribution is 0.0853. The summed E-state index contributed by atoms with van der Waals surface area (Å²) < 4.78 is 35.5. The summed E-state index contributed by atoms with van der Waals surface area (Å²) in [6, 6.07) is 13.1. The minimum Gasteiger partial charge on any atom is -0.381 e. The van der Waals surface area contributed by atoms with E-state index in [0.717, 1.165) is 30.7 Å². The van der Waals surface area contributed by atoms with Crippen molar-refractivity contribution >= 4 is 10.9 Å². The minimum atomic E-state index is -0.749. The Morgan fingerprint density at radius 1 is 1.00 bits per heavy atom. The quantitative estimate of drug-likeness (QED) is 0.542. The molecule has 0 amide bonds. The number of aromatic nitrogens is 3. The van der Waals surface area contributed by atoms with Crippen molar-refractivity contribution in [3.05, 3.63) is 82.3 Å². The zero-order chi connectivity index (χ0) is 20.7. The number of pyridine rings is 1. The number of nitrogens with zero attached hydrogens (tertiary/aromatic N) is 2. The van der Waals surface area contributed by atoms with E-state index in [-0.39, 0.29) is 11.2 Å². The van der Waals surface area contributed by atoms with Crippen molar-refractivity contribution in [2.75, 3.05) is 13.2 Å². The minimum absolute atomic E-state index is 0.291. The fourth-order valence-electron chi connectivity index (χ4n) is 4.09. The molecule has 0 unspecified atom stereocenters. The van der Waals surface area contributed by atoms with Crippen LogP contribution >= 0.6 is 0 Å². The molecule has 0 saturated carbocycles. The Labute approximate surface area is 170 Å². The van der Waals surface area contributed by atoms with Crippen molar-refractivity contribution in [2.45, 2.75) is 18.8 Å². The first kappa shape index (κ1) is 18.7. The summed E-state index contributed by atoms with van der Waals surface area (Å²) in [4.78, 5) is 15.2. The number of para-hydroxylation sites is 1. The maximum Gasteiger partial charge on any atom is 0.259 e. The molecule has 0 radical (unpaired) electrons. The van der Waals surface area contributed by atoms with Gasteiger partial charge in [-0.1, -0.05) is 30.3 Å². The molecule has 4 aromatic rings. The highest BCUT2D eigenvalue weighted by Gasteiger charge is 2.21. The molecule has 1 N–H and O–H groups in total. The van der Waals surface area contributed by atoms with Gasteiger partial charge in [-0.2, -0.15) is 5.10 Å². The molecule has 5 rings (SSSR count). The van der Waals surface area contributed by atoms with Gasteiger partial charge in [0.15, 0.2) is 11.6 Å². The van der Waals surface area contributed by atoms with Gasteiger partial charge in [-0.3, -0.25) is 4.79 Å². The van der Waals surface area contributed by atoms with Gasteiger partial charge in [0.2, 0.25) is 0 Å². The summed E-state index contributed by atoms with van der Waals surface area (Å²) in [5.74, 6) is -1.06. The number of rotatable bonds is 3. The highest BCUT2D eigenvalue weighted by Crippen LogP contribution is 2.32. The molecule has 3 heterocycles. The van der Waals surface area contributed by atoms with Crippen molar-refractivity contribution < 1.29 is 13.5 Å². The van der Waals surface area contributed by atoms with E-state index in [1.807, 2.05) is 24.3 Å². The molecule has 1 saturated heterocycles. The molecule has 0 aliphatic carbocycles. The molecule has 1 fully saturated rings. The SMILES string of the molecule is O=c1[nH]ccc2c1c(-c1ccc(C3CCOCC3)cc1)nn2-c1c(F)cccc1F. The predicted octanol–water partition coefficient (Wildman–Crippen LogP) is 4.55. The van der Waals surface area contributed by atoms with E-state index < -0.39 is 11.6 Å². The molecule has 2 aromatic heterocycles. The van der Waals surface area contributed by atoms with E-state index >= 15 is 0 Å². The van der Waals surface area contributed by atoms with Gasteiger partial charge >= 0.3 is 0 Å². The zero-order valence-electron chi connectivity index (χ0n) is 16.1. The van der Waals surface area contributed by atoms with Crippen LogP contribution < -0.4 is 5.56 Å². The number of benzene rings is 2. The van der Waals surface area contributed by atoms with Crippen LogP contribution in [0.1, 0.15) is 24.3 Å². The smallest absolute Gasteiger partial charge is 0.259 e. The summed E-state index contributed by atoms with van der Waals surface area (Å²) in [6.45, 7) is 1.51. The standard InChI is InChI=1S/C23H19F2N3O2/c24-17-2-1-3-18(25)22(17)28-19-8-11-26-23(29)20(19)21(27-28)16-6-4-14(5-7-16)15-9-12-30-13-10-15/h1-8,11,15H,9-10,12-13H2,(H,26,29). The lowest BCUT2D eigenvalue weighted by Gasteiger charge is -2.22. The Balaban J connectivity index is 1.66. The van der Waals surface area contributed by atoms with Gasteiger partial charge < -0.3 is 9.72 Å². The Morgan fingerprint density at radius 2 is 1.70 bits per heavy atom. The van der Waals surface area contributed by atoms with Gasteiger partial charge in [-0.05, 0) is 42.5 Å². The van der Waals surface area contributed by atoms with Crippen LogP contribution in [0.5, 0.6) is 0 Å². The molecule has 5 nitrogen and oxygen atoms in total. The van der Waals surface area contributed by atoms with Crippen molar-refractivity contribution in [1.29, 1.82) is 0 Å². The van der Waals surface area contributed by atoms with Gasteiger partial charge in [0, 0.05) is 25.0 Å². The van der Waals surface area contributed by atoms with Gasteiger partial charge in [0.1, 0.15) is 11.4 Å². The third-order valence-corrected chi connectivity index (χ3v) is 5.63. The third kappa shape index (κ3) is 3.11. The fraction of sp³-hybridized carbons (Fsp3) is 0.217. The molecular weight excluding hydrogens is 388 g/mol. The lowest BCUT2D eigenvalue weighted by Crippen LogP contribution is -2.13. The maximum atomic E-state index is 14.4. The van der Waals surface area contributed by atoms with Crippen LogP contribution in [0.2, 0.25) is 0 Å². The molecule has 2 aromatic carbocycles. The van der Waals surface area contributed by atoms with Gasteiger partial charge in [-0.25, -0.2) is 13.5 Å². The number of fused-ring (bicyclic) bond motifs is 1. The average molecular weight is 407 g/mol. The number of aromatic amines is 1. The first-order valence-corrected chi connectivity index (χ1v) is 9.86. The number of H-pyrrole nitrogens is 1. The van der Waals surface area contributed by atoms with E-state index in [9.17, 15) is 13.6 Å². The lowest BCUT2D eigenvalue weighted by atomic mass is 9.91. The number of nitrogens with one attached hydrogen (secondary N) is 1. The first-order chi connectivity index (χ1) is 14.6. The number of hydrogen-bond acceptors (Lipinski definition) is 3. The molecule has 0 atom stereocenters. The molecule has 152 valence electrons. The largest absolute Gasteiger partial charge is 0.381 e. The maximum absolute atomic E-state index is 14.4. The highest BCUT2D eigenvalue weighted by atomic mass is 19.1. The fourth-order valence-corrected chi connectivity index (χ4v) is 4.09. The summed E-state index contributed by atoms with van der Waals surface area (Å²) in [6.07, 6.45) is 3.39. The van der Waals surface area contributed by atoms with Crippen LogP contribution in [0.25, 0.3) is 27.8 Å². The summed E-state index contributed by atoms with van der Waals surface area (Å²) >= 11 is 0. The summed E-state index contributed by atoms with van der Waals surface area (Å²) in [5.41, 5.74) is 1.97. The summed E-state index contributed by atoms with van der Waals surface area (Å²) in [7, 11) is 0. The second kappa shape index (κ2) is 7.50. The van der Waals surface area contributed by atoms with Crippen LogP contribution in [0.15, 0.2) is 59.5 Å². The van der Waals surface area contributed by atoms with Crippen LogP contribution in [-0.4, -0.2) is 28.0 Å². The topological polar surface area (TPSA) is 59.9 Å². The summed E-state index contributed by atoms with van der Waals surface area (Å²) in [5, 5.41) is 4.74. The van der Waals surface area contributed by atoms with Crippen molar-refractivity contribution in [3.63, 3.8) is 0 Å². The van der Waals surface area contributed by atoms with Crippen LogP contribution in [0.4, 0.5) is 8.78 Å². The second-order valence-corrected chi connectivity index (χ2v) is 7.41. The van der Waals surface area contributed by atoms with E-state index in [0.29, 0.717) is 28.1 Å². The van der Waals surface area contributed by atoms with E-state index in [1.165, 1.54) is 30.0 Å². The van der Waals surface area contributed by atoms with Crippen molar-refractivity contribution in [3.8, 4) is 16.9 Å².